The van der Waals surface area contributed by atoms with Gasteiger partial charge in [-0.2, -0.15) is 0 Å². The number of thiophene rings is 2. The first-order valence-electron chi connectivity index (χ1n) is 8.14. The minimum Gasteiger partial charge on any atom is -0.465 e. The molecule has 0 aliphatic carbocycles. The molecule has 3 aromatic rings. The number of methoxy groups -OCH3 is 1. The number of carbonyl (C=O) groups is 3. The maximum absolute atomic E-state index is 12.7. The Balaban J connectivity index is 1.93. The minimum absolute atomic E-state index is 0.162. The highest BCUT2D eigenvalue weighted by atomic mass is 32.1. The lowest BCUT2D eigenvalue weighted by molar-refractivity contribution is 0.0601. The maximum Gasteiger partial charge on any atom is 0.341 e. The lowest BCUT2D eigenvalue weighted by Gasteiger charge is -2.05. The van der Waals surface area contributed by atoms with E-state index in [1.54, 1.807) is 48.7 Å². The summed E-state index contributed by atoms with van der Waals surface area (Å²) >= 11 is 2.29. The number of carbonyl (C=O) groups excluding carboxylic acids is 3. The van der Waals surface area contributed by atoms with Gasteiger partial charge in [0.25, 0.3) is 11.8 Å². The fraction of sp³-hybridized carbons (Fsp3) is 0.105. The maximum atomic E-state index is 12.7. The second kappa shape index (κ2) is 8.24. The van der Waals surface area contributed by atoms with Gasteiger partial charge in [-0.3, -0.25) is 9.59 Å². The van der Waals surface area contributed by atoms with Crippen molar-refractivity contribution < 1.29 is 19.1 Å². The molecule has 4 N–H and O–H groups in total. The highest BCUT2D eigenvalue weighted by Crippen LogP contribution is 2.34. The molecular formula is C19H17N3O4S2. The lowest BCUT2D eigenvalue weighted by Crippen LogP contribution is -2.13. The van der Waals surface area contributed by atoms with E-state index in [9.17, 15) is 14.4 Å². The molecule has 2 aromatic heterocycles. The average Bonchev–Trinajstić information content (AvgIpc) is 3.29. The Morgan fingerprint density at radius 2 is 1.86 bits per heavy atom. The van der Waals surface area contributed by atoms with Crippen molar-refractivity contribution in [3.8, 4) is 0 Å². The van der Waals surface area contributed by atoms with Crippen LogP contribution in [-0.4, -0.2) is 24.9 Å². The van der Waals surface area contributed by atoms with Gasteiger partial charge in [-0.25, -0.2) is 4.79 Å². The van der Waals surface area contributed by atoms with Crippen LogP contribution >= 0.6 is 22.7 Å². The monoisotopic (exact) mass is 415 g/mol. The van der Waals surface area contributed by atoms with Gasteiger partial charge in [0, 0.05) is 11.4 Å². The van der Waals surface area contributed by atoms with Crippen LogP contribution in [0.3, 0.4) is 0 Å². The summed E-state index contributed by atoms with van der Waals surface area (Å²) in [4.78, 5) is 38.2. The normalized spacial score (nSPS) is 10.4. The smallest absolute Gasteiger partial charge is 0.341 e. The van der Waals surface area contributed by atoms with Crippen molar-refractivity contribution in [2.24, 2.45) is 0 Å². The van der Waals surface area contributed by atoms with Gasteiger partial charge in [0.1, 0.15) is 5.00 Å². The van der Waals surface area contributed by atoms with E-state index in [4.69, 9.17) is 10.5 Å². The summed E-state index contributed by atoms with van der Waals surface area (Å²) in [6, 6.07) is 10.2. The number of hydrogen-bond donors (Lipinski definition) is 3. The van der Waals surface area contributed by atoms with Crippen LogP contribution in [0.2, 0.25) is 0 Å². The molecule has 0 bridgehead atoms. The molecule has 144 valence electrons. The number of benzene rings is 1. The summed E-state index contributed by atoms with van der Waals surface area (Å²) in [5.74, 6) is -1.39. The van der Waals surface area contributed by atoms with E-state index >= 15 is 0 Å². The molecule has 2 heterocycles. The van der Waals surface area contributed by atoms with Crippen LogP contribution in [0.5, 0.6) is 0 Å². The Labute approximate surface area is 169 Å². The zero-order chi connectivity index (χ0) is 20.3. The van der Waals surface area contributed by atoms with Gasteiger partial charge in [-0.15, -0.1) is 22.7 Å². The number of nitrogens with one attached hydrogen (secondary N) is 2. The molecule has 0 radical (unpaired) electrons. The molecule has 7 nitrogen and oxygen atoms in total. The lowest BCUT2D eigenvalue weighted by atomic mass is 10.1. The van der Waals surface area contributed by atoms with Crippen LogP contribution in [0.15, 0.2) is 41.8 Å². The summed E-state index contributed by atoms with van der Waals surface area (Å²) in [5.41, 5.74) is 7.37. The number of nitrogen functional groups attached to an aromatic ring is 1. The van der Waals surface area contributed by atoms with Crippen molar-refractivity contribution in [3.05, 3.63) is 62.7 Å². The predicted octanol–water partition coefficient (Wildman–Crippen LogP) is 3.99. The van der Waals surface area contributed by atoms with Crippen molar-refractivity contribution in [3.63, 3.8) is 0 Å². The van der Waals surface area contributed by atoms with Gasteiger partial charge in [-0.05, 0) is 42.1 Å². The van der Waals surface area contributed by atoms with Gasteiger partial charge in [0.15, 0.2) is 0 Å². The molecule has 3 rings (SSSR count). The molecule has 9 heteroatoms. The molecule has 2 amide bonds. The second-order valence-electron chi connectivity index (χ2n) is 5.76. The molecule has 0 spiro atoms. The number of nitrogens with two attached hydrogens (primary N) is 1. The first-order chi connectivity index (χ1) is 13.4. The summed E-state index contributed by atoms with van der Waals surface area (Å²) in [6.45, 7) is 1.64. The third-order valence-electron chi connectivity index (χ3n) is 3.86. The highest BCUT2D eigenvalue weighted by Gasteiger charge is 2.26. The number of ether oxygens (including phenoxy) is 1. The average molecular weight is 415 g/mol. The zero-order valence-electron chi connectivity index (χ0n) is 15.1. The number of esters is 1. The fourth-order valence-electron chi connectivity index (χ4n) is 2.54. The topological polar surface area (TPSA) is 111 Å². The SMILES string of the molecule is COC(=O)c1c(NC(=O)c2cccs2)sc(C(=O)Nc2cccc(N)c2)c1C. The second-order valence-corrected chi connectivity index (χ2v) is 7.73. The van der Waals surface area contributed by atoms with E-state index in [-0.39, 0.29) is 16.5 Å². The van der Waals surface area contributed by atoms with Crippen LogP contribution in [0.1, 0.15) is 35.3 Å². The van der Waals surface area contributed by atoms with Crippen LogP contribution in [0.25, 0.3) is 0 Å². The summed E-state index contributed by atoms with van der Waals surface area (Å²) in [7, 11) is 1.25. The first kappa shape index (κ1) is 19.6. The largest absolute Gasteiger partial charge is 0.465 e. The van der Waals surface area contributed by atoms with Crippen LogP contribution in [0, 0.1) is 6.92 Å². The van der Waals surface area contributed by atoms with Crippen LogP contribution < -0.4 is 16.4 Å². The van der Waals surface area contributed by atoms with E-state index in [0.29, 0.717) is 26.7 Å². The molecule has 0 saturated heterocycles. The van der Waals surface area contributed by atoms with Crippen molar-refractivity contribution in [2.75, 3.05) is 23.5 Å². The molecule has 0 saturated carbocycles. The van der Waals surface area contributed by atoms with Crippen molar-refractivity contribution >= 4 is 56.8 Å². The van der Waals surface area contributed by atoms with E-state index in [1.165, 1.54) is 18.4 Å². The van der Waals surface area contributed by atoms with Crippen molar-refractivity contribution in [2.45, 2.75) is 6.92 Å². The summed E-state index contributed by atoms with van der Waals surface area (Å²) in [5, 5.41) is 7.50. The van der Waals surface area contributed by atoms with Gasteiger partial charge in [0.05, 0.1) is 22.4 Å². The number of anilines is 3. The molecule has 0 aliphatic heterocycles. The number of hydrogen-bond acceptors (Lipinski definition) is 7. The van der Waals surface area contributed by atoms with Crippen molar-refractivity contribution in [1.29, 1.82) is 0 Å². The Morgan fingerprint density at radius 1 is 1.07 bits per heavy atom. The van der Waals surface area contributed by atoms with E-state index in [1.807, 2.05) is 0 Å². The van der Waals surface area contributed by atoms with Gasteiger partial charge in [0.2, 0.25) is 0 Å². The Hall–Kier alpha value is -3.17. The van der Waals surface area contributed by atoms with Gasteiger partial charge < -0.3 is 21.1 Å². The van der Waals surface area contributed by atoms with E-state index in [0.717, 1.165) is 11.3 Å². The molecule has 28 heavy (non-hydrogen) atoms. The van der Waals surface area contributed by atoms with Crippen molar-refractivity contribution in [1.82, 2.24) is 0 Å². The third-order valence-corrected chi connectivity index (χ3v) is 5.93. The number of amides is 2. The molecule has 0 fully saturated rings. The Kier molecular flexibility index (Phi) is 5.76. The van der Waals surface area contributed by atoms with Crippen LogP contribution in [-0.2, 0) is 4.74 Å². The first-order valence-corrected chi connectivity index (χ1v) is 9.83. The van der Waals surface area contributed by atoms with Crippen LogP contribution in [0.4, 0.5) is 16.4 Å². The molecule has 0 unspecified atom stereocenters. The molecule has 0 aliphatic rings. The number of rotatable bonds is 5. The standard InChI is InChI=1S/C19H17N3O4S2/c1-10-14(19(25)26-2)18(22-16(23)13-7-4-8-27-13)28-15(10)17(24)21-12-6-3-5-11(20)9-12/h3-9H,20H2,1-2H3,(H,21,24)(H,22,23). The Morgan fingerprint density at radius 3 is 2.50 bits per heavy atom. The minimum atomic E-state index is -0.627. The fourth-order valence-corrected chi connectivity index (χ4v) is 4.25. The highest BCUT2D eigenvalue weighted by molar-refractivity contribution is 7.19. The van der Waals surface area contributed by atoms with E-state index in [2.05, 4.69) is 10.6 Å². The predicted molar refractivity (Wildman–Crippen MR) is 111 cm³/mol. The Bertz CT molecular complexity index is 1040. The molecular weight excluding hydrogens is 398 g/mol. The van der Waals surface area contributed by atoms with E-state index < -0.39 is 11.9 Å². The third kappa shape index (κ3) is 4.05. The summed E-state index contributed by atoms with van der Waals surface area (Å²) in [6.07, 6.45) is 0. The van der Waals surface area contributed by atoms with Gasteiger partial charge in [-0.1, -0.05) is 12.1 Å². The zero-order valence-corrected chi connectivity index (χ0v) is 16.7. The quantitative estimate of drug-likeness (QED) is 0.431. The molecule has 1 aromatic carbocycles. The molecule has 0 atom stereocenters. The summed E-state index contributed by atoms with van der Waals surface area (Å²) < 4.78 is 4.83. The van der Waals surface area contributed by atoms with Gasteiger partial charge >= 0.3 is 5.97 Å².